The molecule has 0 atom stereocenters. The number of carbonyl (C=O) groups excluding carboxylic acids is 1. The summed E-state index contributed by atoms with van der Waals surface area (Å²) in [6, 6.07) is 5.88. The van der Waals surface area contributed by atoms with Gasteiger partial charge >= 0.3 is 0 Å². The highest BCUT2D eigenvalue weighted by Crippen LogP contribution is 2.28. The lowest BCUT2D eigenvalue weighted by molar-refractivity contribution is -0.137. The molecule has 4 heterocycles. The van der Waals surface area contributed by atoms with Crippen LogP contribution in [0.4, 0.5) is 5.82 Å². The molecule has 0 radical (unpaired) electrons. The van der Waals surface area contributed by atoms with Crippen LogP contribution in [0.25, 0.3) is 0 Å². The standard InChI is InChI=1S/C16H16ClN3OS/c17-13-1-2-15(18-7-13)20-9-12(10-20)16(21)19-5-3-14-11(8-19)4-6-22-14/h1-2,4,6-7,12H,3,5,8-10H2. The summed E-state index contributed by atoms with van der Waals surface area (Å²) in [6.07, 6.45) is 2.64. The number of hydrogen-bond donors (Lipinski definition) is 0. The summed E-state index contributed by atoms with van der Waals surface area (Å²) >= 11 is 7.65. The molecule has 0 bridgehead atoms. The van der Waals surface area contributed by atoms with E-state index in [4.69, 9.17) is 11.6 Å². The quantitative estimate of drug-likeness (QED) is 0.848. The molecule has 0 saturated carbocycles. The molecule has 4 rings (SSSR count). The summed E-state index contributed by atoms with van der Waals surface area (Å²) in [5, 5.41) is 2.76. The van der Waals surface area contributed by atoms with Crippen LogP contribution in [0.3, 0.4) is 0 Å². The lowest BCUT2D eigenvalue weighted by Crippen LogP contribution is -2.55. The molecule has 22 heavy (non-hydrogen) atoms. The smallest absolute Gasteiger partial charge is 0.229 e. The molecule has 114 valence electrons. The average molecular weight is 334 g/mol. The molecule has 1 saturated heterocycles. The van der Waals surface area contributed by atoms with E-state index in [2.05, 4.69) is 21.3 Å². The van der Waals surface area contributed by atoms with E-state index < -0.39 is 0 Å². The van der Waals surface area contributed by atoms with Crippen molar-refractivity contribution in [3.05, 3.63) is 45.2 Å². The van der Waals surface area contributed by atoms with Gasteiger partial charge < -0.3 is 9.80 Å². The molecule has 1 amide bonds. The summed E-state index contributed by atoms with van der Waals surface area (Å²) in [5.41, 5.74) is 1.32. The Balaban J connectivity index is 1.37. The van der Waals surface area contributed by atoms with Crippen LogP contribution in [0.2, 0.25) is 5.02 Å². The fourth-order valence-corrected chi connectivity index (χ4v) is 4.07. The fourth-order valence-electron chi connectivity index (χ4n) is 3.07. The van der Waals surface area contributed by atoms with Gasteiger partial charge in [-0.2, -0.15) is 0 Å². The number of pyridine rings is 1. The summed E-state index contributed by atoms with van der Waals surface area (Å²) in [7, 11) is 0. The van der Waals surface area contributed by atoms with E-state index in [1.54, 1.807) is 17.5 Å². The van der Waals surface area contributed by atoms with Gasteiger partial charge in [0.05, 0.1) is 10.9 Å². The Morgan fingerprint density at radius 2 is 2.18 bits per heavy atom. The van der Waals surface area contributed by atoms with Crippen molar-refractivity contribution < 1.29 is 4.79 Å². The number of halogens is 1. The van der Waals surface area contributed by atoms with E-state index in [-0.39, 0.29) is 11.8 Å². The predicted molar refractivity (Wildman–Crippen MR) is 88.4 cm³/mol. The monoisotopic (exact) mass is 333 g/mol. The highest BCUT2D eigenvalue weighted by Gasteiger charge is 2.36. The second-order valence-electron chi connectivity index (χ2n) is 5.82. The normalized spacial score (nSPS) is 18.0. The SMILES string of the molecule is O=C(C1CN(c2ccc(Cl)cn2)C1)N1CCc2sccc2C1. The molecule has 0 aromatic carbocycles. The van der Waals surface area contributed by atoms with Crippen LogP contribution in [0, 0.1) is 5.92 Å². The Morgan fingerprint density at radius 3 is 2.95 bits per heavy atom. The van der Waals surface area contributed by atoms with Crippen molar-refractivity contribution in [1.82, 2.24) is 9.88 Å². The number of thiophene rings is 1. The van der Waals surface area contributed by atoms with E-state index in [1.807, 2.05) is 17.0 Å². The molecule has 2 aliphatic rings. The Labute approximate surface area is 138 Å². The van der Waals surface area contributed by atoms with Gasteiger partial charge in [0.15, 0.2) is 0 Å². The first-order valence-corrected chi connectivity index (χ1v) is 8.67. The first kappa shape index (κ1) is 14.0. The van der Waals surface area contributed by atoms with E-state index in [0.717, 1.165) is 38.4 Å². The average Bonchev–Trinajstić information content (AvgIpc) is 2.95. The number of hydrogen-bond acceptors (Lipinski definition) is 4. The summed E-state index contributed by atoms with van der Waals surface area (Å²) in [5.74, 6) is 1.27. The van der Waals surface area contributed by atoms with Crippen molar-refractivity contribution in [1.29, 1.82) is 0 Å². The third kappa shape index (κ3) is 2.48. The molecule has 2 aromatic rings. The zero-order chi connectivity index (χ0) is 15.1. The van der Waals surface area contributed by atoms with Crippen LogP contribution < -0.4 is 4.90 Å². The van der Waals surface area contributed by atoms with Crippen LogP contribution in [0.5, 0.6) is 0 Å². The predicted octanol–water partition coefficient (Wildman–Crippen LogP) is 2.82. The van der Waals surface area contributed by atoms with Gasteiger partial charge in [-0.3, -0.25) is 4.79 Å². The number of rotatable bonds is 2. The van der Waals surface area contributed by atoms with Gasteiger partial charge in [-0.1, -0.05) is 11.6 Å². The minimum absolute atomic E-state index is 0.0951. The molecule has 2 aromatic heterocycles. The molecule has 2 aliphatic heterocycles. The van der Waals surface area contributed by atoms with Crippen LogP contribution in [-0.4, -0.2) is 35.4 Å². The Bertz CT molecular complexity index is 694. The third-order valence-electron chi connectivity index (χ3n) is 4.39. The van der Waals surface area contributed by atoms with Crippen LogP contribution in [0.15, 0.2) is 29.8 Å². The van der Waals surface area contributed by atoms with E-state index >= 15 is 0 Å². The minimum atomic E-state index is 0.0951. The number of anilines is 1. The molecule has 0 unspecified atom stereocenters. The summed E-state index contributed by atoms with van der Waals surface area (Å²) in [6.45, 7) is 3.12. The highest BCUT2D eigenvalue weighted by molar-refractivity contribution is 7.10. The first-order chi connectivity index (χ1) is 10.7. The van der Waals surface area contributed by atoms with E-state index in [1.165, 1.54) is 10.4 Å². The molecule has 4 nitrogen and oxygen atoms in total. The van der Waals surface area contributed by atoms with Gasteiger partial charge in [-0.25, -0.2) is 4.98 Å². The zero-order valence-electron chi connectivity index (χ0n) is 12.0. The number of nitrogens with zero attached hydrogens (tertiary/aromatic N) is 3. The minimum Gasteiger partial charge on any atom is -0.355 e. The zero-order valence-corrected chi connectivity index (χ0v) is 13.6. The van der Waals surface area contributed by atoms with Gasteiger partial charge in [-0.05, 0) is 35.6 Å². The lowest BCUT2D eigenvalue weighted by Gasteiger charge is -2.42. The fraction of sp³-hybridized carbons (Fsp3) is 0.375. The molecule has 0 N–H and O–H groups in total. The molecule has 0 spiro atoms. The van der Waals surface area contributed by atoms with Gasteiger partial charge in [0.2, 0.25) is 5.91 Å². The van der Waals surface area contributed by atoms with Crippen molar-refractivity contribution in [2.45, 2.75) is 13.0 Å². The number of fused-ring (bicyclic) bond motifs is 1. The highest BCUT2D eigenvalue weighted by atomic mass is 35.5. The van der Waals surface area contributed by atoms with E-state index in [0.29, 0.717) is 5.02 Å². The third-order valence-corrected chi connectivity index (χ3v) is 5.63. The second kappa shape index (κ2) is 5.56. The van der Waals surface area contributed by atoms with Crippen molar-refractivity contribution in [2.75, 3.05) is 24.5 Å². The van der Waals surface area contributed by atoms with Crippen LogP contribution in [-0.2, 0) is 17.8 Å². The maximum atomic E-state index is 12.6. The van der Waals surface area contributed by atoms with Crippen molar-refractivity contribution >= 4 is 34.7 Å². The van der Waals surface area contributed by atoms with Gasteiger partial charge in [0.1, 0.15) is 5.82 Å². The molecular weight excluding hydrogens is 318 g/mol. The molecule has 0 aliphatic carbocycles. The molecular formula is C16H16ClN3OS. The maximum Gasteiger partial charge on any atom is 0.229 e. The molecule has 1 fully saturated rings. The number of amides is 1. The Hall–Kier alpha value is -1.59. The lowest BCUT2D eigenvalue weighted by atomic mass is 9.97. The topological polar surface area (TPSA) is 36.4 Å². The summed E-state index contributed by atoms with van der Waals surface area (Å²) < 4.78 is 0. The van der Waals surface area contributed by atoms with Gasteiger partial charge in [0.25, 0.3) is 0 Å². The Kier molecular flexibility index (Phi) is 3.54. The summed E-state index contributed by atoms with van der Waals surface area (Å²) in [4.78, 5) is 22.5. The van der Waals surface area contributed by atoms with Crippen molar-refractivity contribution in [3.8, 4) is 0 Å². The first-order valence-electron chi connectivity index (χ1n) is 7.41. The Morgan fingerprint density at radius 1 is 1.32 bits per heavy atom. The number of aromatic nitrogens is 1. The number of carbonyl (C=O) groups is 1. The van der Waals surface area contributed by atoms with Crippen molar-refractivity contribution in [3.63, 3.8) is 0 Å². The van der Waals surface area contributed by atoms with Gasteiger partial charge in [-0.15, -0.1) is 11.3 Å². The largest absolute Gasteiger partial charge is 0.355 e. The molecule has 6 heteroatoms. The van der Waals surface area contributed by atoms with Gasteiger partial charge in [0, 0.05) is 37.3 Å². The second-order valence-corrected chi connectivity index (χ2v) is 7.25. The maximum absolute atomic E-state index is 12.6. The van der Waals surface area contributed by atoms with Crippen LogP contribution >= 0.6 is 22.9 Å². The van der Waals surface area contributed by atoms with Crippen molar-refractivity contribution in [2.24, 2.45) is 5.92 Å². The van der Waals surface area contributed by atoms with Crippen LogP contribution in [0.1, 0.15) is 10.4 Å². The van der Waals surface area contributed by atoms with E-state index in [9.17, 15) is 4.79 Å².